The van der Waals surface area contributed by atoms with E-state index in [0.29, 0.717) is 23.5 Å². The van der Waals surface area contributed by atoms with Crippen LogP contribution in [0.2, 0.25) is 0 Å². The number of anilines is 1. The highest BCUT2D eigenvalue weighted by molar-refractivity contribution is 6.00. The number of ether oxygens (including phenoxy) is 1. The predicted octanol–water partition coefficient (Wildman–Crippen LogP) is 1.73. The lowest BCUT2D eigenvalue weighted by Crippen LogP contribution is -2.34. The van der Waals surface area contributed by atoms with Crippen LogP contribution in [0.5, 0.6) is 5.75 Å². The fourth-order valence-electron chi connectivity index (χ4n) is 2.13. The second-order valence-corrected chi connectivity index (χ2v) is 4.96. The molecule has 0 spiro atoms. The summed E-state index contributed by atoms with van der Waals surface area (Å²) in [5.41, 5.74) is 1.74. The van der Waals surface area contributed by atoms with E-state index in [4.69, 9.17) is 4.74 Å². The number of benzene rings is 1. The SMILES string of the molecule is CC1Oc2ccc(C(=O)NCc3ccccn3)cc2NC1=O. The number of hydrogen-bond acceptors (Lipinski definition) is 4. The van der Waals surface area contributed by atoms with Crippen molar-refractivity contribution in [3.8, 4) is 5.75 Å². The molecule has 1 aromatic heterocycles. The van der Waals surface area contributed by atoms with Gasteiger partial charge in [0.05, 0.1) is 17.9 Å². The summed E-state index contributed by atoms with van der Waals surface area (Å²) in [6, 6.07) is 10.5. The Morgan fingerprint density at radius 2 is 2.23 bits per heavy atom. The van der Waals surface area contributed by atoms with Crippen molar-refractivity contribution in [1.29, 1.82) is 0 Å². The molecule has 1 aromatic carbocycles. The predicted molar refractivity (Wildman–Crippen MR) is 80.6 cm³/mol. The molecule has 6 heteroatoms. The Kier molecular flexibility index (Phi) is 3.74. The molecule has 1 aliphatic rings. The summed E-state index contributed by atoms with van der Waals surface area (Å²) in [5, 5.41) is 5.51. The quantitative estimate of drug-likeness (QED) is 0.904. The first-order chi connectivity index (χ1) is 10.6. The fourth-order valence-corrected chi connectivity index (χ4v) is 2.13. The Balaban J connectivity index is 1.71. The van der Waals surface area contributed by atoms with E-state index in [2.05, 4.69) is 15.6 Å². The molecule has 0 aliphatic carbocycles. The van der Waals surface area contributed by atoms with Crippen LogP contribution < -0.4 is 15.4 Å². The van der Waals surface area contributed by atoms with Crippen LogP contribution in [0, 0.1) is 0 Å². The number of aromatic nitrogens is 1. The largest absolute Gasteiger partial charge is 0.479 e. The summed E-state index contributed by atoms with van der Waals surface area (Å²) in [6.45, 7) is 2.02. The molecule has 22 heavy (non-hydrogen) atoms. The van der Waals surface area contributed by atoms with Gasteiger partial charge in [-0.2, -0.15) is 0 Å². The van der Waals surface area contributed by atoms with Crippen molar-refractivity contribution in [2.45, 2.75) is 19.6 Å². The van der Waals surface area contributed by atoms with Gasteiger partial charge in [0.25, 0.3) is 11.8 Å². The van der Waals surface area contributed by atoms with Gasteiger partial charge in [-0.05, 0) is 37.3 Å². The lowest BCUT2D eigenvalue weighted by atomic mass is 10.1. The molecule has 1 unspecified atom stereocenters. The Morgan fingerprint density at radius 1 is 1.36 bits per heavy atom. The Morgan fingerprint density at radius 3 is 3.00 bits per heavy atom. The fraction of sp³-hybridized carbons (Fsp3) is 0.188. The van der Waals surface area contributed by atoms with Gasteiger partial charge in [0.1, 0.15) is 5.75 Å². The van der Waals surface area contributed by atoms with Gasteiger partial charge in [0.15, 0.2) is 6.10 Å². The van der Waals surface area contributed by atoms with Crippen molar-refractivity contribution < 1.29 is 14.3 Å². The van der Waals surface area contributed by atoms with Crippen molar-refractivity contribution in [2.75, 3.05) is 5.32 Å². The lowest BCUT2D eigenvalue weighted by molar-refractivity contribution is -0.122. The number of carbonyl (C=O) groups is 2. The van der Waals surface area contributed by atoms with Crippen LogP contribution in [0.1, 0.15) is 23.0 Å². The number of nitrogens with one attached hydrogen (secondary N) is 2. The minimum absolute atomic E-state index is 0.224. The van der Waals surface area contributed by atoms with Crippen molar-refractivity contribution in [3.05, 3.63) is 53.9 Å². The van der Waals surface area contributed by atoms with Crippen LogP contribution in [0.3, 0.4) is 0 Å². The number of rotatable bonds is 3. The van der Waals surface area contributed by atoms with Gasteiger partial charge >= 0.3 is 0 Å². The summed E-state index contributed by atoms with van der Waals surface area (Å²) in [7, 11) is 0. The molecule has 2 amide bonds. The highest BCUT2D eigenvalue weighted by Gasteiger charge is 2.24. The molecule has 112 valence electrons. The monoisotopic (exact) mass is 297 g/mol. The smallest absolute Gasteiger partial charge is 0.265 e. The molecular formula is C16H15N3O3. The van der Waals surface area contributed by atoms with Gasteiger partial charge in [-0.3, -0.25) is 14.6 Å². The molecule has 1 atom stereocenters. The number of carbonyl (C=O) groups excluding carboxylic acids is 2. The van der Waals surface area contributed by atoms with Crippen LogP contribution in [-0.4, -0.2) is 22.9 Å². The third kappa shape index (κ3) is 2.90. The zero-order valence-corrected chi connectivity index (χ0v) is 12.0. The minimum Gasteiger partial charge on any atom is -0.479 e. The molecule has 0 saturated carbocycles. The van der Waals surface area contributed by atoms with Crippen molar-refractivity contribution in [2.24, 2.45) is 0 Å². The Labute approximate surface area is 127 Å². The standard InChI is InChI=1S/C16H15N3O3/c1-10-15(20)19-13-8-11(5-6-14(13)22-10)16(21)18-9-12-4-2-3-7-17-12/h2-8,10H,9H2,1H3,(H,18,21)(H,19,20). The maximum atomic E-state index is 12.2. The summed E-state index contributed by atoms with van der Waals surface area (Å²) in [5.74, 6) is 0.105. The Bertz CT molecular complexity index is 716. The van der Waals surface area contributed by atoms with E-state index in [-0.39, 0.29) is 11.8 Å². The zero-order valence-electron chi connectivity index (χ0n) is 12.0. The van der Waals surface area contributed by atoms with Gasteiger partial charge in [0.2, 0.25) is 0 Å². The summed E-state index contributed by atoms with van der Waals surface area (Å²) in [4.78, 5) is 27.9. The van der Waals surface area contributed by atoms with Gasteiger partial charge in [-0.25, -0.2) is 0 Å². The zero-order chi connectivity index (χ0) is 15.5. The Hall–Kier alpha value is -2.89. The molecular weight excluding hydrogens is 282 g/mol. The van der Waals surface area contributed by atoms with E-state index in [9.17, 15) is 9.59 Å². The number of nitrogens with zero attached hydrogens (tertiary/aromatic N) is 1. The lowest BCUT2D eigenvalue weighted by Gasteiger charge is -2.23. The average molecular weight is 297 g/mol. The molecule has 2 aromatic rings. The second kappa shape index (κ2) is 5.85. The van der Waals surface area contributed by atoms with Gasteiger partial charge in [-0.1, -0.05) is 6.07 Å². The normalized spacial score (nSPS) is 16.2. The van der Waals surface area contributed by atoms with Crippen molar-refractivity contribution in [3.63, 3.8) is 0 Å². The van der Waals surface area contributed by atoms with Crippen molar-refractivity contribution >= 4 is 17.5 Å². The van der Waals surface area contributed by atoms with E-state index in [1.807, 2.05) is 18.2 Å². The molecule has 1 aliphatic heterocycles. The number of pyridine rings is 1. The molecule has 6 nitrogen and oxygen atoms in total. The van der Waals surface area contributed by atoms with E-state index >= 15 is 0 Å². The molecule has 2 heterocycles. The maximum absolute atomic E-state index is 12.2. The molecule has 0 fully saturated rings. The third-order valence-electron chi connectivity index (χ3n) is 3.33. The van der Waals surface area contributed by atoms with Gasteiger partial charge < -0.3 is 15.4 Å². The van der Waals surface area contributed by atoms with Crippen LogP contribution in [0.4, 0.5) is 5.69 Å². The maximum Gasteiger partial charge on any atom is 0.265 e. The number of hydrogen-bond donors (Lipinski definition) is 2. The van der Waals surface area contributed by atoms with E-state index in [0.717, 1.165) is 5.69 Å². The molecule has 3 rings (SSSR count). The van der Waals surface area contributed by atoms with E-state index in [1.165, 1.54) is 0 Å². The third-order valence-corrected chi connectivity index (χ3v) is 3.33. The number of amides is 2. The first-order valence-corrected chi connectivity index (χ1v) is 6.93. The molecule has 0 saturated heterocycles. The van der Waals surface area contributed by atoms with E-state index < -0.39 is 6.10 Å². The first-order valence-electron chi connectivity index (χ1n) is 6.93. The molecule has 0 radical (unpaired) electrons. The molecule has 0 bridgehead atoms. The summed E-state index contributed by atoms with van der Waals surface area (Å²) < 4.78 is 5.45. The highest BCUT2D eigenvalue weighted by atomic mass is 16.5. The summed E-state index contributed by atoms with van der Waals surface area (Å²) >= 11 is 0. The minimum atomic E-state index is -0.531. The summed E-state index contributed by atoms with van der Waals surface area (Å²) in [6.07, 6.45) is 1.14. The van der Waals surface area contributed by atoms with Crippen molar-refractivity contribution in [1.82, 2.24) is 10.3 Å². The van der Waals surface area contributed by atoms with Gasteiger partial charge in [0, 0.05) is 11.8 Å². The molecule has 2 N–H and O–H groups in total. The van der Waals surface area contributed by atoms with Gasteiger partial charge in [-0.15, -0.1) is 0 Å². The van der Waals surface area contributed by atoms with Crippen LogP contribution in [-0.2, 0) is 11.3 Å². The van der Waals surface area contributed by atoms with Crippen LogP contribution >= 0.6 is 0 Å². The van der Waals surface area contributed by atoms with Crippen LogP contribution in [0.25, 0.3) is 0 Å². The second-order valence-electron chi connectivity index (χ2n) is 4.96. The highest BCUT2D eigenvalue weighted by Crippen LogP contribution is 2.30. The average Bonchev–Trinajstić information content (AvgIpc) is 2.54. The first kappa shape index (κ1) is 14.1. The van der Waals surface area contributed by atoms with E-state index in [1.54, 1.807) is 31.3 Å². The number of fused-ring (bicyclic) bond motifs is 1. The topological polar surface area (TPSA) is 80.3 Å². The van der Waals surface area contributed by atoms with Crippen LogP contribution in [0.15, 0.2) is 42.6 Å².